The topological polar surface area (TPSA) is 58.4 Å². The van der Waals surface area contributed by atoms with E-state index in [1.54, 1.807) is 41.6 Å². The van der Waals surface area contributed by atoms with Gasteiger partial charge in [-0.05, 0) is 49.4 Å². The van der Waals surface area contributed by atoms with E-state index >= 15 is 0 Å². The molecule has 0 atom stereocenters. The highest BCUT2D eigenvalue weighted by Crippen LogP contribution is 2.25. The normalized spacial score (nSPS) is 10.5. The Morgan fingerprint density at radius 2 is 2.12 bits per heavy atom. The summed E-state index contributed by atoms with van der Waals surface area (Å²) < 4.78 is 19.4. The lowest BCUT2D eigenvalue weighted by Gasteiger charge is -2.21. The maximum absolute atomic E-state index is 14.1. The van der Waals surface area contributed by atoms with Gasteiger partial charge in [-0.3, -0.25) is 4.98 Å². The fourth-order valence-corrected chi connectivity index (χ4v) is 2.43. The molecular weight excluding hydrogens is 321 g/mol. The largest absolute Gasteiger partial charge is 0.464 e. The van der Waals surface area contributed by atoms with Crippen molar-refractivity contribution in [2.75, 3.05) is 11.9 Å². The van der Waals surface area contributed by atoms with Crippen LogP contribution < -0.4 is 5.32 Å². The van der Waals surface area contributed by atoms with Crippen molar-refractivity contribution in [2.24, 2.45) is 0 Å². The van der Waals surface area contributed by atoms with Crippen molar-refractivity contribution in [3.63, 3.8) is 0 Å². The molecule has 25 heavy (non-hydrogen) atoms. The van der Waals surface area contributed by atoms with Crippen molar-refractivity contribution in [3.8, 4) is 11.3 Å². The molecule has 0 fully saturated rings. The van der Waals surface area contributed by atoms with Crippen LogP contribution in [0.15, 0.2) is 65.4 Å². The molecule has 0 unspecified atom stereocenters. The molecule has 2 heterocycles. The molecule has 0 aliphatic heterocycles. The number of hydrogen-bond acceptors (Lipinski definition) is 3. The molecule has 0 spiro atoms. The first kappa shape index (κ1) is 16.7. The molecule has 1 aromatic carbocycles. The SMILES string of the molecule is CCN(Cc1ccccn1)C(=O)Nc1cc(-c2ccco2)ccc1F. The van der Waals surface area contributed by atoms with E-state index in [1.807, 2.05) is 25.1 Å². The first-order valence-electron chi connectivity index (χ1n) is 7.96. The zero-order valence-electron chi connectivity index (χ0n) is 13.8. The van der Waals surface area contributed by atoms with Crippen LogP contribution in [0.5, 0.6) is 0 Å². The van der Waals surface area contributed by atoms with Crippen LogP contribution in [0.2, 0.25) is 0 Å². The second kappa shape index (κ2) is 7.61. The van der Waals surface area contributed by atoms with E-state index in [0.717, 1.165) is 5.69 Å². The van der Waals surface area contributed by atoms with Gasteiger partial charge in [-0.1, -0.05) is 6.07 Å². The maximum Gasteiger partial charge on any atom is 0.322 e. The van der Waals surface area contributed by atoms with Crippen LogP contribution in [0.1, 0.15) is 12.6 Å². The molecule has 6 heteroatoms. The lowest BCUT2D eigenvalue weighted by atomic mass is 10.1. The minimum absolute atomic E-state index is 0.110. The molecule has 0 saturated carbocycles. The van der Waals surface area contributed by atoms with E-state index in [1.165, 1.54) is 6.07 Å². The number of pyridine rings is 1. The van der Waals surface area contributed by atoms with Crippen LogP contribution in [-0.4, -0.2) is 22.5 Å². The lowest BCUT2D eigenvalue weighted by Crippen LogP contribution is -2.34. The van der Waals surface area contributed by atoms with Crippen molar-refractivity contribution < 1.29 is 13.6 Å². The number of urea groups is 1. The van der Waals surface area contributed by atoms with Crippen LogP contribution in [0, 0.1) is 5.82 Å². The smallest absolute Gasteiger partial charge is 0.322 e. The Kier molecular flexibility index (Phi) is 5.09. The Morgan fingerprint density at radius 3 is 2.80 bits per heavy atom. The van der Waals surface area contributed by atoms with Gasteiger partial charge in [-0.2, -0.15) is 0 Å². The summed E-state index contributed by atoms with van der Waals surface area (Å²) in [6, 6.07) is 13.1. The highest BCUT2D eigenvalue weighted by Gasteiger charge is 2.15. The third-order valence-electron chi connectivity index (χ3n) is 3.76. The van der Waals surface area contributed by atoms with Gasteiger partial charge in [0.2, 0.25) is 0 Å². The van der Waals surface area contributed by atoms with E-state index in [2.05, 4.69) is 10.3 Å². The van der Waals surface area contributed by atoms with Gasteiger partial charge in [-0.25, -0.2) is 9.18 Å². The van der Waals surface area contributed by atoms with Crippen molar-refractivity contribution in [1.82, 2.24) is 9.88 Å². The van der Waals surface area contributed by atoms with Gasteiger partial charge >= 0.3 is 6.03 Å². The Labute approximate surface area is 145 Å². The molecule has 3 rings (SSSR count). The number of hydrogen-bond donors (Lipinski definition) is 1. The maximum atomic E-state index is 14.1. The Morgan fingerprint density at radius 1 is 1.24 bits per heavy atom. The van der Waals surface area contributed by atoms with Gasteiger partial charge in [0.1, 0.15) is 11.6 Å². The number of amides is 2. The number of anilines is 1. The van der Waals surface area contributed by atoms with Crippen LogP contribution in [0.3, 0.4) is 0 Å². The second-order valence-corrected chi connectivity index (χ2v) is 5.44. The van der Waals surface area contributed by atoms with Crippen LogP contribution in [0.4, 0.5) is 14.9 Å². The van der Waals surface area contributed by atoms with E-state index in [0.29, 0.717) is 24.4 Å². The van der Waals surface area contributed by atoms with Gasteiger partial charge in [0.15, 0.2) is 0 Å². The number of rotatable bonds is 5. The molecule has 0 saturated heterocycles. The summed E-state index contributed by atoms with van der Waals surface area (Å²) in [5.74, 6) is 0.105. The number of carbonyl (C=O) groups excluding carboxylic acids is 1. The molecular formula is C19H18FN3O2. The minimum Gasteiger partial charge on any atom is -0.464 e. The van der Waals surface area contributed by atoms with E-state index < -0.39 is 5.82 Å². The summed E-state index contributed by atoms with van der Waals surface area (Å²) in [7, 11) is 0. The number of carbonyl (C=O) groups is 1. The highest BCUT2D eigenvalue weighted by molar-refractivity contribution is 5.90. The summed E-state index contributed by atoms with van der Waals surface area (Å²) in [6.45, 7) is 2.68. The predicted octanol–water partition coefficient (Wildman–Crippen LogP) is 4.53. The third-order valence-corrected chi connectivity index (χ3v) is 3.76. The Balaban J connectivity index is 1.76. The fraction of sp³-hybridized carbons (Fsp3) is 0.158. The summed E-state index contributed by atoms with van der Waals surface area (Å²) in [5.41, 5.74) is 1.57. The van der Waals surface area contributed by atoms with Crippen molar-refractivity contribution in [3.05, 3.63) is 72.5 Å². The number of furan rings is 1. The number of halogens is 1. The Bertz CT molecular complexity index is 835. The van der Waals surface area contributed by atoms with E-state index in [9.17, 15) is 9.18 Å². The molecule has 2 aromatic heterocycles. The van der Waals surface area contributed by atoms with E-state index in [-0.39, 0.29) is 11.7 Å². The lowest BCUT2D eigenvalue weighted by molar-refractivity contribution is 0.211. The van der Waals surface area contributed by atoms with Gasteiger partial charge in [0, 0.05) is 18.3 Å². The minimum atomic E-state index is -0.502. The summed E-state index contributed by atoms with van der Waals surface area (Å²) in [6.07, 6.45) is 3.22. The van der Waals surface area contributed by atoms with Gasteiger partial charge < -0.3 is 14.6 Å². The molecule has 1 N–H and O–H groups in total. The number of nitrogens with zero attached hydrogens (tertiary/aromatic N) is 2. The zero-order valence-corrected chi connectivity index (χ0v) is 13.8. The molecule has 0 bridgehead atoms. The van der Waals surface area contributed by atoms with Crippen molar-refractivity contribution in [2.45, 2.75) is 13.5 Å². The molecule has 0 aliphatic rings. The van der Waals surface area contributed by atoms with Gasteiger partial charge in [-0.15, -0.1) is 0 Å². The quantitative estimate of drug-likeness (QED) is 0.743. The fourth-order valence-electron chi connectivity index (χ4n) is 2.43. The van der Waals surface area contributed by atoms with Crippen LogP contribution in [-0.2, 0) is 6.54 Å². The summed E-state index contributed by atoms with van der Waals surface area (Å²) >= 11 is 0. The number of nitrogens with one attached hydrogen (secondary N) is 1. The monoisotopic (exact) mass is 339 g/mol. The molecule has 128 valence electrons. The molecule has 0 radical (unpaired) electrons. The second-order valence-electron chi connectivity index (χ2n) is 5.44. The van der Waals surface area contributed by atoms with E-state index in [4.69, 9.17) is 4.42 Å². The summed E-state index contributed by atoms with van der Waals surface area (Å²) in [4.78, 5) is 18.3. The zero-order chi connectivity index (χ0) is 17.6. The van der Waals surface area contributed by atoms with Crippen molar-refractivity contribution in [1.29, 1.82) is 0 Å². The predicted molar refractivity (Wildman–Crippen MR) is 93.4 cm³/mol. The first-order chi connectivity index (χ1) is 12.2. The number of benzene rings is 1. The molecule has 0 aliphatic carbocycles. The average Bonchev–Trinajstić information content (AvgIpc) is 3.17. The summed E-state index contributed by atoms with van der Waals surface area (Å²) in [5, 5.41) is 2.63. The van der Waals surface area contributed by atoms with Crippen LogP contribution in [0.25, 0.3) is 11.3 Å². The Hall–Kier alpha value is -3.15. The molecule has 2 amide bonds. The van der Waals surface area contributed by atoms with Crippen molar-refractivity contribution >= 4 is 11.7 Å². The molecule has 5 nitrogen and oxygen atoms in total. The van der Waals surface area contributed by atoms with Crippen LogP contribution >= 0.6 is 0 Å². The van der Waals surface area contributed by atoms with Gasteiger partial charge in [0.05, 0.1) is 24.2 Å². The number of aromatic nitrogens is 1. The highest BCUT2D eigenvalue weighted by atomic mass is 19.1. The molecule has 3 aromatic rings. The first-order valence-corrected chi connectivity index (χ1v) is 7.96. The average molecular weight is 339 g/mol. The van der Waals surface area contributed by atoms with Gasteiger partial charge in [0.25, 0.3) is 0 Å². The third kappa shape index (κ3) is 4.03. The standard InChI is InChI=1S/C19H18FN3O2/c1-2-23(13-15-6-3-4-10-21-15)19(24)22-17-12-14(8-9-16(17)20)18-7-5-11-25-18/h3-12H,2,13H2,1H3,(H,22,24).